The number of benzene rings is 1. The first-order valence-electron chi connectivity index (χ1n) is 5.64. The molecule has 0 saturated heterocycles. The number of methoxy groups -OCH3 is 1. The molecule has 0 spiro atoms. The van der Waals surface area contributed by atoms with Crippen molar-refractivity contribution in [3.8, 4) is 5.69 Å². The minimum atomic E-state index is -0.314. The Morgan fingerprint density at radius 2 is 2.00 bits per heavy atom. The Kier molecular flexibility index (Phi) is 3.72. The lowest BCUT2D eigenvalue weighted by atomic mass is 10.0. The summed E-state index contributed by atoms with van der Waals surface area (Å²) in [6.45, 7) is 1.80. The van der Waals surface area contributed by atoms with Crippen LogP contribution in [-0.2, 0) is 9.53 Å². The first kappa shape index (κ1) is 12.7. The van der Waals surface area contributed by atoms with Crippen molar-refractivity contribution in [1.29, 1.82) is 0 Å². The molecule has 0 aliphatic rings. The van der Waals surface area contributed by atoms with Crippen molar-refractivity contribution in [1.82, 2.24) is 4.57 Å². The van der Waals surface area contributed by atoms with E-state index in [-0.39, 0.29) is 11.9 Å². The van der Waals surface area contributed by atoms with Crippen LogP contribution in [0.4, 0.5) is 0 Å². The van der Waals surface area contributed by atoms with Gasteiger partial charge in [0, 0.05) is 12.4 Å². The summed E-state index contributed by atoms with van der Waals surface area (Å²) in [6.07, 6.45) is 3.84. The number of ether oxygens (including phenoxy) is 1. The van der Waals surface area contributed by atoms with E-state index in [0.29, 0.717) is 5.02 Å². The van der Waals surface area contributed by atoms with Crippen molar-refractivity contribution in [3.63, 3.8) is 0 Å². The lowest BCUT2D eigenvalue weighted by Gasteiger charge is -2.12. The number of halogens is 1. The number of nitrogens with zero attached hydrogens (tertiary/aromatic N) is 1. The highest BCUT2D eigenvalue weighted by Crippen LogP contribution is 2.26. The standard InChI is InChI=1S/C14H14ClNO2/c1-10(14(17)18-2)11-5-6-13(12(15)9-11)16-7-3-4-8-16/h3-10H,1-2H3. The van der Waals surface area contributed by atoms with Crippen molar-refractivity contribution in [2.45, 2.75) is 12.8 Å². The summed E-state index contributed by atoms with van der Waals surface area (Å²) < 4.78 is 6.65. The van der Waals surface area contributed by atoms with Gasteiger partial charge < -0.3 is 9.30 Å². The summed E-state index contributed by atoms with van der Waals surface area (Å²) >= 11 is 6.24. The van der Waals surface area contributed by atoms with E-state index in [1.807, 2.05) is 41.2 Å². The van der Waals surface area contributed by atoms with Gasteiger partial charge in [-0.15, -0.1) is 0 Å². The molecule has 0 aliphatic carbocycles. The molecule has 4 heteroatoms. The number of hydrogen-bond donors (Lipinski definition) is 0. The fourth-order valence-corrected chi connectivity index (χ4v) is 2.10. The van der Waals surface area contributed by atoms with Gasteiger partial charge in [-0.3, -0.25) is 4.79 Å². The predicted molar refractivity (Wildman–Crippen MR) is 71.2 cm³/mol. The highest BCUT2D eigenvalue weighted by molar-refractivity contribution is 6.32. The van der Waals surface area contributed by atoms with E-state index in [2.05, 4.69) is 0 Å². The number of hydrogen-bond acceptors (Lipinski definition) is 2. The van der Waals surface area contributed by atoms with Crippen LogP contribution in [0.1, 0.15) is 18.4 Å². The van der Waals surface area contributed by atoms with Crippen LogP contribution in [0.3, 0.4) is 0 Å². The summed E-state index contributed by atoms with van der Waals surface area (Å²) in [5.74, 6) is -0.578. The minimum absolute atomic E-state index is 0.264. The zero-order valence-electron chi connectivity index (χ0n) is 10.3. The Morgan fingerprint density at radius 1 is 1.33 bits per heavy atom. The van der Waals surface area contributed by atoms with Gasteiger partial charge in [-0.1, -0.05) is 17.7 Å². The third-order valence-corrected chi connectivity index (χ3v) is 3.21. The number of esters is 1. The number of carbonyl (C=O) groups is 1. The summed E-state index contributed by atoms with van der Waals surface area (Å²) in [5.41, 5.74) is 1.74. The zero-order chi connectivity index (χ0) is 13.1. The summed E-state index contributed by atoms with van der Waals surface area (Å²) in [5, 5.41) is 0.611. The van der Waals surface area contributed by atoms with Crippen LogP contribution in [0, 0.1) is 0 Å². The fraction of sp³-hybridized carbons (Fsp3) is 0.214. The van der Waals surface area contributed by atoms with Crippen molar-refractivity contribution in [3.05, 3.63) is 53.3 Å². The average molecular weight is 264 g/mol. The van der Waals surface area contributed by atoms with Crippen LogP contribution >= 0.6 is 11.6 Å². The maximum absolute atomic E-state index is 11.5. The second-order valence-corrected chi connectivity index (χ2v) is 4.45. The molecule has 0 amide bonds. The molecule has 0 radical (unpaired) electrons. The largest absolute Gasteiger partial charge is 0.469 e. The molecule has 1 aromatic carbocycles. The lowest BCUT2D eigenvalue weighted by molar-refractivity contribution is -0.141. The molecule has 18 heavy (non-hydrogen) atoms. The Morgan fingerprint density at radius 3 is 2.56 bits per heavy atom. The van der Waals surface area contributed by atoms with Crippen LogP contribution in [-0.4, -0.2) is 17.6 Å². The molecule has 2 aromatic rings. The highest BCUT2D eigenvalue weighted by Gasteiger charge is 2.16. The third kappa shape index (κ3) is 2.41. The quantitative estimate of drug-likeness (QED) is 0.795. The summed E-state index contributed by atoms with van der Waals surface area (Å²) in [7, 11) is 1.38. The summed E-state index contributed by atoms with van der Waals surface area (Å²) in [4.78, 5) is 11.5. The molecule has 2 rings (SSSR count). The molecule has 0 N–H and O–H groups in total. The molecular formula is C14H14ClNO2. The third-order valence-electron chi connectivity index (χ3n) is 2.91. The van der Waals surface area contributed by atoms with Crippen molar-refractivity contribution in [2.75, 3.05) is 7.11 Å². The zero-order valence-corrected chi connectivity index (χ0v) is 11.0. The molecular weight excluding hydrogens is 250 g/mol. The maximum Gasteiger partial charge on any atom is 0.312 e. The van der Waals surface area contributed by atoms with E-state index < -0.39 is 0 Å². The van der Waals surface area contributed by atoms with E-state index in [1.165, 1.54) is 7.11 Å². The average Bonchev–Trinajstić information content (AvgIpc) is 2.90. The van der Waals surface area contributed by atoms with Gasteiger partial charge in [-0.05, 0) is 36.8 Å². The molecule has 0 bridgehead atoms. The van der Waals surface area contributed by atoms with E-state index in [4.69, 9.17) is 16.3 Å². The Hall–Kier alpha value is -1.74. The van der Waals surface area contributed by atoms with Crippen molar-refractivity contribution in [2.24, 2.45) is 0 Å². The van der Waals surface area contributed by atoms with E-state index in [0.717, 1.165) is 11.3 Å². The molecule has 0 saturated carbocycles. The van der Waals surface area contributed by atoms with E-state index in [1.54, 1.807) is 13.0 Å². The van der Waals surface area contributed by atoms with Gasteiger partial charge in [0.05, 0.1) is 23.7 Å². The van der Waals surface area contributed by atoms with Crippen molar-refractivity contribution >= 4 is 17.6 Å². The SMILES string of the molecule is COC(=O)C(C)c1ccc(-n2cccc2)c(Cl)c1. The first-order chi connectivity index (χ1) is 8.63. The molecule has 1 heterocycles. The molecule has 0 aliphatic heterocycles. The first-order valence-corrected chi connectivity index (χ1v) is 6.02. The molecule has 1 aromatic heterocycles. The van der Waals surface area contributed by atoms with Crippen LogP contribution in [0.25, 0.3) is 5.69 Å². The van der Waals surface area contributed by atoms with Gasteiger partial charge in [0.15, 0.2) is 0 Å². The van der Waals surface area contributed by atoms with Gasteiger partial charge >= 0.3 is 5.97 Å². The molecule has 94 valence electrons. The highest BCUT2D eigenvalue weighted by atomic mass is 35.5. The number of rotatable bonds is 3. The van der Waals surface area contributed by atoms with E-state index >= 15 is 0 Å². The predicted octanol–water partition coefficient (Wildman–Crippen LogP) is 3.41. The van der Waals surface area contributed by atoms with Gasteiger partial charge in [-0.25, -0.2) is 0 Å². The van der Waals surface area contributed by atoms with Crippen LogP contribution < -0.4 is 0 Å². The van der Waals surface area contributed by atoms with E-state index in [9.17, 15) is 4.79 Å². The van der Waals surface area contributed by atoms with Crippen LogP contribution in [0.15, 0.2) is 42.7 Å². The molecule has 1 atom stereocenters. The van der Waals surface area contributed by atoms with Crippen molar-refractivity contribution < 1.29 is 9.53 Å². The Balaban J connectivity index is 2.33. The normalized spacial score (nSPS) is 12.2. The topological polar surface area (TPSA) is 31.2 Å². The van der Waals surface area contributed by atoms with Gasteiger partial charge in [0.2, 0.25) is 0 Å². The number of carbonyl (C=O) groups excluding carboxylic acids is 1. The molecule has 1 unspecified atom stereocenters. The smallest absolute Gasteiger partial charge is 0.312 e. The summed E-state index contributed by atoms with van der Waals surface area (Å²) in [6, 6.07) is 9.46. The van der Waals surface area contributed by atoms with Crippen LogP contribution in [0.5, 0.6) is 0 Å². The second kappa shape index (κ2) is 5.27. The van der Waals surface area contributed by atoms with Crippen LogP contribution in [0.2, 0.25) is 5.02 Å². The van der Waals surface area contributed by atoms with Gasteiger partial charge in [0.1, 0.15) is 0 Å². The number of aromatic nitrogens is 1. The Labute approximate surface area is 111 Å². The minimum Gasteiger partial charge on any atom is -0.469 e. The fourth-order valence-electron chi connectivity index (χ4n) is 1.81. The van der Waals surface area contributed by atoms with Gasteiger partial charge in [-0.2, -0.15) is 0 Å². The second-order valence-electron chi connectivity index (χ2n) is 4.05. The maximum atomic E-state index is 11.5. The molecule has 3 nitrogen and oxygen atoms in total. The lowest BCUT2D eigenvalue weighted by Crippen LogP contribution is -2.10. The monoisotopic (exact) mass is 263 g/mol. The Bertz CT molecular complexity index is 549. The molecule has 0 fully saturated rings. The van der Waals surface area contributed by atoms with Gasteiger partial charge in [0.25, 0.3) is 0 Å².